The van der Waals surface area contributed by atoms with Crippen molar-refractivity contribution >= 4 is 23.2 Å². The molecule has 0 radical (unpaired) electrons. The van der Waals surface area contributed by atoms with Crippen molar-refractivity contribution in [3.8, 4) is 0 Å². The lowest BCUT2D eigenvalue weighted by Crippen LogP contribution is -2.17. The lowest BCUT2D eigenvalue weighted by molar-refractivity contribution is 0.102. The number of amides is 2. The van der Waals surface area contributed by atoms with Gasteiger partial charge in [0, 0.05) is 23.1 Å². The van der Waals surface area contributed by atoms with Gasteiger partial charge in [0.2, 0.25) is 0 Å². The minimum atomic E-state index is -0.356. The van der Waals surface area contributed by atoms with E-state index in [-0.39, 0.29) is 17.5 Å². The fraction of sp³-hybridized carbons (Fsp3) is 0.174. The fourth-order valence-electron chi connectivity index (χ4n) is 2.91. The van der Waals surface area contributed by atoms with Gasteiger partial charge in [-0.05, 0) is 61.2 Å². The Kier molecular flexibility index (Phi) is 5.84. The maximum absolute atomic E-state index is 12.7. The Morgan fingerprint density at radius 3 is 2.21 bits per heavy atom. The van der Waals surface area contributed by atoms with Gasteiger partial charge in [0.25, 0.3) is 11.8 Å². The van der Waals surface area contributed by atoms with E-state index in [2.05, 4.69) is 22.5 Å². The van der Waals surface area contributed by atoms with Crippen LogP contribution in [0.2, 0.25) is 0 Å². The van der Waals surface area contributed by atoms with Gasteiger partial charge in [-0.3, -0.25) is 14.6 Å². The van der Waals surface area contributed by atoms with E-state index in [0.29, 0.717) is 11.3 Å². The Bertz CT molecular complexity index is 990. The normalized spacial score (nSPS) is 10.4. The van der Waals surface area contributed by atoms with Crippen LogP contribution in [0, 0.1) is 13.8 Å². The van der Waals surface area contributed by atoms with Crippen LogP contribution in [0.1, 0.15) is 44.5 Å². The van der Waals surface area contributed by atoms with Crippen molar-refractivity contribution in [1.29, 1.82) is 0 Å². The van der Waals surface area contributed by atoms with Crippen LogP contribution in [0.3, 0.4) is 0 Å². The third-order valence-corrected chi connectivity index (χ3v) is 4.59. The first-order valence-electron chi connectivity index (χ1n) is 9.22. The molecule has 0 saturated heterocycles. The van der Waals surface area contributed by atoms with E-state index in [0.717, 1.165) is 23.2 Å². The van der Waals surface area contributed by atoms with Crippen molar-refractivity contribution in [2.24, 2.45) is 0 Å². The van der Waals surface area contributed by atoms with Crippen LogP contribution in [-0.4, -0.2) is 16.8 Å². The Balaban J connectivity index is 1.75. The van der Waals surface area contributed by atoms with E-state index in [4.69, 9.17) is 0 Å². The second-order valence-corrected chi connectivity index (χ2v) is 6.66. The van der Waals surface area contributed by atoms with E-state index in [9.17, 15) is 9.59 Å². The Hall–Kier alpha value is -3.47. The number of aromatic nitrogens is 1. The van der Waals surface area contributed by atoms with Crippen molar-refractivity contribution in [2.75, 3.05) is 10.6 Å². The topological polar surface area (TPSA) is 71.1 Å². The van der Waals surface area contributed by atoms with Gasteiger partial charge in [0.15, 0.2) is 0 Å². The Morgan fingerprint density at radius 2 is 1.57 bits per heavy atom. The number of carbonyl (C=O) groups is 2. The van der Waals surface area contributed by atoms with Crippen LogP contribution in [-0.2, 0) is 6.42 Å². The monoisotopic (exact) mass is 373 g/mol. The molecular weight excluding hydrogens is 350 g/mol. The standard InChI is InChI=1S/C23H23N3O2/c1-4-17-8-10-19(11-9-17)25-23(28)20-14-18(12-13-24-20)22(27)26-21-15(2)6-5-7-16(21)3/h5-14H,4H2,1-3H3,(H,25,28)(H,26,27). The molecular formula is C23H23N3O2. The molecule has 0 saturated carbocycles. The summed E-state index contributed by atoms with van der Waals surface area (Å²) in [6.07, 6.45) is 2.40. The molecule has 2 N–H and O–H groups in total. The van der Waals surface area contributed by atoms with E-state index in [1.807, 2.05) is 56.3 Å². The number of hydrogen-bond acceptors (Lipinski definition) is 3. The van der Waals surface area contributed by atoms with Gasteiger partial charge in [0.05, 0.1) is 0 Å². The predicted octanol–water partition coefficient (Wildman–Crippen LogP) is 4.77. The molecule has 1 heterocycles. The minimum Gasteiger partial charge on any atom is -0.322 e. The Morgan fingerprint density at radius 1 is 0.893 bits per heavy atom. The first-order chi connectivity index (χ1) is 13.5. The van der Waals surface area contributed by atoms with Gasteiger partial charge in [-0.1, -0.05) is 37.3 Å². The number of anilines is 2. The first kappa shape index (κ1) is 19.3. The molecule has 0 spiro atoms. The number of carbonyl (C=O) groups excluding carboxylic acids is 2. The van der Waals surface area contributed by atoms with Crippen LogP contribution in [0.4, 0.5) is 11.4 Å². The third kappa shape index (κ3) is 4.43. The van der Waals surface area contributed by atoms with Crippen molar-refractivity contribution in [2.45, 2.75) is 27.2 Å². The maximum atomic E-state index is 12.7. The van der Waals surface area contributed by atoms with E-state index >= 15 is 0 Å². The lowest BCUT2D eigenvalue weighted by atomic mass is 10.1. The number of benzene rings is 2. The molecule has 5 heteroatoms. The van der Waals surface area contributed by atoms with Gasteiger partial charge in [-0.2, -0.15) is 0 Å². The molecule has 3 rings (SSSR count). The molecule has 142 valence electrons. The third-order valence-electron chi connectivity index (χ3n) is 4.59. The van der Waals surface area contributed by atoms with E-state index < -0.39 is 0 Å². The summed E-state index contributed by atoms with van der Waals surface area (Å²) in [6, 6.07) is 16.6. The molecule has 3 aromatic rings. The number of para-hydroxylation sites is 1. The molecule has 2 amide bonds. The van der Waals surface area contributed by atoms with Crippen molar-refractivity contribution in [3.63, 3.8) is 0 Å². The highest BCUT2D eigenvalue weighted by Crippen LogP contribution is 2.20. The number of hydrogen-bond donors (Lipinski definition) is 2. The van der Waals surface area contributed by atoms with Gasteiger partial charge < -0.3 is 10.6 Å². The summed E-state index contributed by atoms with van der Waals surface area (Å²) in [4.78, 5) is 29.3. The van der Waals surface area contributed by atoms with Gasteiger partial charge >= 0.3 is 0 Å². The summed E-state index contributed by atoms with van der Waals surface area (Å²) >= 11 is 0. The van der Waals surface area contributed by atoms with Crippen molar-refractivity contribution in [1.82, 2.24) is 4.98 Å². The summed E-state index contributed by atoms with van der Waals surface area (Å²) in [6.45, 7) is 5.96. The fourth-order valence-corrected chi connectivity index (χ4v) is 2.91. The second kappa shape index (κ2) is 8.48. The van der Waals surface area contributed by atoms with Crippen molar-refractivity contribution < 1.29 is 9.59 Å². The van der Waals surface area contributed by atoms with Gasteiger partial charge in [0.1, 0.15) is 5.69 Å². The molecule has 5 nitrogen and oxygen atoms in total. The number of nitrogens with one attached hydrogen (secondary N) is 2. The predicted molar refractivity (Wildman–Crippen MR) is 112 cm³/mol. The summed E-state index contributed by atoms with van der Waals surface area (Å²) in [5.41, 5.74) is 5.20. The van der Waals surface area contributed by atoms with Crippen LogP contribution in [0.15, 0.2) is 60.8 Å². The van der Waals surface area contributed by atoms with Crippen molar-refractivity contribution in [3.05, 3.63) is 88.7 Å². The highest BCUT2D eigenvalue weighted by atomic mass is 16.2. The van der Waals surface area contributed by atoms with Gasteiger partial charge in [-0.15, -0.1) is 0 Å². The molecule has 0 aliphatic carbocycles. The van der Waals surface area contributed by atoms with Gasteiger partial charge in [-0.25, -0.2) is 0 Å². The zero-order chi connectivity index (χ0) is 20.1. The minimum absolute atomic E-state index is 0.189. The summed E-state index contributed by atoms with van der Waals surface area (Å²) in [7, 11) is 0. The van der Waals surface area contributed by atoms with E-state index in [1.54, 1.807) is 6.07 Å². The maximum Gasteiger partial charge on any atom is 0.274 e. The molecule has 28 heavy (non-hydrogen) atoms. The average molecular weight is 373 g/mol. The molecule has 0 aliphatic heterocycles. The van der Waals surface area contributed by atoms with Crippen LogP contribution in [0.5, 0.6) is 0 Å². The number of pyridine rings is 1. The van der Waals surface area contributed by atoms with Crippen LogP contribution < -0.4 is 10.6 Å². The largest absolute Gasteiger partial charge is 0.322 e. The van der Waals surface area contributed by atoms with Crippen LogP contribution in [0.25, 0.3) is 0 Å². The quantitative estimate of drug-likeness (QED) is 0.677. The SMILES string of the molecule is CCc1ccc(NC(=O)c2cc(C(=O)Nc3c(C)cccc3C)ccn2)cc1. The second-order valence-electron chi connectivity index (χ2n) is 6.66. The summed E-state index contributed by atoms with van der Waals surface area (Å²) in [5.74, 6) is -0.632. The molecule has 0 unspecified atom stereocenters. The molecule has 0 aliphatic rings. The number of rotatable bonds is 5. The molecule has 2 aromatic carbocycles. The highest BCUT2D eigenvalue weighted by Gasteiger charge is 2.14. The zero-order valence-corrected chi connectivity index (χ0v) is 16.2. The average Bonchev–Trinajstić information content (AvgIpc) is 2.71. The number of aryl methyl sites for hydroxylation is 3. The number of nitrogens with zero attached hydrogens (tertiary/aromatic N) is 1. The summed E-state index contributed by atoms with van der Waals surface area (Å²) < 4.78 is 0. The lowest BCUT2D eigenvalue weighted by Gasteiger charge is -2.12. The molecule has 0 bridgehead atoms. The molecule has 0 fully saturated rings. The van der Waals surface area contributed by atoms with E-state index in [1.165, 1.54) is 17.8 Å². The highest BCUT2D eigenvalue weighted by molar-refractivity contribution is 6.08. The molecule has 1 aromatic heterocycles. The summed E-state index contributed by atoms with van der Waals surface area (Å²) in [5, 5.41) is 5.74. The zero-order valence-electron chi connectivity index (χ0n) is 16.2. The smallest absolute Gasteiger partial charge is 0.274 e. The first-order valence-corrected chi connectivity index (χ1v) is 9.22. The molecule has 0 atom stereocenters. The van der Waals surface area contributed by atoms with Crippen LogP contribution >= 0.6 is 0 Å². The Labute approximate surface area is 164 Å².